The minimum Gasteiger partial charge on any atom is -0.366 e. The first kappa shape index (κ1) is 10.7. The third-order valence-electron chi connectivity index (χ3n) is 2.63. The summed E-state index contributed by atoms with van der Waals surface area (Å²) in [7, 11) is 0. The highest BCUT2D eigenvalue weighted by Gasteiger charge is 2.19. The number of pyridine rings is 1. The molecule has 2 N–H and O–H groups in total. The van der Waals surface area contributed by atoms with Crippen molar-refractivity contribution in [3.63, 3.8) is 0 Å². The summed E-state index contributed by atoms with van der Waals surface area (Å²) in [5.74, 6) is -0.432. The van der Waals surface area contributed by atoms with Crippen molar-refractivity contribution in [2.45, 2.75) is 32.6 Å². The molecule has 0 unspecified atom stereocenters. The summed E-state index contributed by atoms with van der Waals surface area (Å²) in [6.07, 6.45) is 2.55. The molecule has 1 aromatic heterocycles. The smallest absolute Gasteiger partial charge is 0.250 e. The Hall–Kier alpha value is -1.38. The zero-order valence-electron chi connectivity index (χ0n) is 8.87. The maximum absolute atomic E-state index is 10.8. The van der Waals surface area contributed by atoms with Crippen molar-refractivity contribution >= 4 is 5.91 Å². The highest BCUT2D eigenvalue weighted by molar-refractivity contribution is 5.92. The molecule has 3 nitrogen and oxygen atoms in total. The Morgan fingerprint density at radius 1 is 1.50 bits per heavy atom. The molecule has 1 amide bonds. The van der Waals surface area contributed by atoms with E-state index in [1.165, 1.54) is 6.20 Å². The van der Waals surface area contributed by atoms with E-state index >= 15 is 0 Å². The molecular weight excluding hydrogens is 176 g/mol. The number of primary amides is 1. The summed E-state index contributed by atoms with van der Waals surface area (Å²) in [6, 6.07) is 3.59. The number of rotatable bonds is 3. The zero-order chi connectivity index (χ0) is 10.8. The first-order valence-electron chi connectivity index (χ1n) is 4.73. The minimum absolute atomic E-state index is 0.0518. The van der Waals surface area contributed by atoms with Gasteiger partial charge in [0.1, 0.15) is 0 Å². The van der Waals surface area contributed by atoms with Crippen molar-refractivity contribution in [3.05, 3.63) is 29.6 Å². The molecular formula is C11H16N2O. The SMILES string of the molecule is CCC(C)(C)c1ccc(C(N)=O)cn1. The first-order chi connectivity index (χ1) is 6.47. The van der Waals surface area contributed by atoms with Gasteiger partial charge in [-0.3, -0.25) is 9.78 Å². The number of carbonyl (C=O) groups is 1. The second kappa shape index (κ2) is 3.78. The second-order valence-corrected chi connectivity index (χ2v) is 4.03. The number of nitrogens with zero attached hydrogens (tertiary/aromatic N) is 1. The third-order valence-corrected chi connectivity index (χ3v) is 2.63. The quantitative estimate of drug-likeness (QED) is 0.794. The first-order valence-corrected chi connectivity index (χ1v) is 4.73. The van der Waals surface area contributed by atoms with E-state index in [1.54, 1.807) is 6.07 Å². The van der Waals surface area contributed by atoms with Crippen molar-refractivity contribution in [1.29, 1.82) is 0 Å². The van der Waals surface area contributed by atoms with Crippen LogP contribution in [0.1, 0.15) is 43.2 Å². The fraction of sp³-hybridized carbons (Fsp3) is 0.455. The Morgan fingerprint density at radius 2 is 2.14 bits per heavy atom. The zero-order valence-corrected chi connectivity index (χ0v) is 8.87. The molecule has 0 aliphatic rings. The summed E-state index contributed by atoms with van der Waals surface area (Å²) < 4.78 is 0. The van der Waals surface area contributed by atoms with Gasteiger partial charge in [0.2, 0.25) is 5.91 Å². The van der Waals surface area contributed by atoms with Gasteiger partial charge in [0.15, 0.2) is 0 Å². The lowest BCUT2D eigenvalue weighted by Gasteiger charge is -2.21. The molecule has 0 radical (unpaired) electrons. The molecule has 0 bridgehead atoms. The summed E-state index contributed by atoms with van der Waals surface area (Å²) in [5.41, 5.74) is 6.63. The van der Waals surface area contributed by atoms with Crippen LogP contribution >= 0.6 is 0 Å². The number of amides is 1. The normalized spacial score (nSPS) is 11.4. The molecule has 0 spiro atoms. The summed E-state index contributed by atoms with van der Waals surface area (Å²) in [4.78, 5) is 15.1. The number of hydrogen-bond donors (Lipinski definition) is 1. The molecule has 1 heterocycles. The number of aromatic nitrogens is 1. The van der Waals surface area contributed by atoms with Gasteiger partial charge in [-0.25, -0.2) is 0 Å². The number of carbonyl (C=O) groups excluding carboxylic acids is 1. The van der Waals surface area contributed by atoms with E-state index in [-0.39, 0.29) is 5.41 Å². The van der Waals surface area contributed by atoms with E-state index in [0.29, 0.717) is 5.56 Å². The van der Waals surface area contributed by atoms with Crippen LogP contribution in [-0.4, -0.2) is 10.9 Å². The predicted molar refractivity (Wildman–Crippen MR) is 56.1 cm³/mol. The van der Waals surface area contributed by atoms with Gasteiger partial charge in [-0.05, 0) is 18.6 Å². The van der Waals surface area contributed by atoms with Crippen LogP contribution in [0, 0.1) is 0 Å². The fourth-order valence-electron chi connectivity index (χ4n) is 1.12. The van der Waals surface area contributed by atoms with Gasteiger partial charge in [-0.2, -0.15) is 0 Å². The Labute approximate surface area is 84.3 Å². The Morgan fingerprint density at radius 3 is 2.50 bits per heavy atom. The maximum Gasteiger partial charge on any atom is 0.250 e. The van der Waals surface area contributed by atoms with Gasteiger partial charge >= 0.3 is 0 Å². The highest BCUT2D eigenvalue weighted by atomic mass is 16.1. The van der Waals surface area contributed by atoms with Crippen LogP contribution in [0.4, 0.5) is 0 Å². The van der Waals surface area contributed by atoms with Gasteiger partial charge in [-0.1, -0.05) is 20.8 Å². The molecule has 0 aliphatic heterocycles. The minimum atomic E-state index is -0.432. The van der Waals surface area contributed by atoms with Crippen molar-refractivity contribution in [3.8, 4) is 0 Å². The predicted octanol–water partition coefficient (Wildman–Crippen LogP) is 1.87. The monoisotopic (exact) mass is 192 g/mol. The molecule has 0 aromatic carbocycles. The van der Waals surface area contributed by atoms with E-state index in [2.05, 4.69) is 25.8 Å². The summed E-state index contributed by atoms with van der Waals surface area (Å²) in [6.45, 7) is 6.36. The molecule has 3 heteroatoms. The Balaban J connectivity index is 2.99. The van der Waals surface area contributed by atoms with Crippen LogP contribution < -0.4 is 5.73 Å². The molecule has 0 fully saturated rings. The third kappa shape index (κ3) is 2.10. The lowest BCUT2D eigenvalue weighted by Crippen LogP contribution is -2.18. The second-order valence-electron chi connectivity index (χ2n) is 4.03. The van der Waals surface area contributed by atoms with Gasteiger partial charge < -0.3 is 5.73 Å². The van der Waals surface area contributed by atoms with E-state index in [4.69, 9.17) is 5.73 Å². The molecule has 0 saturated heterocycles. The average molecular weight is 192 g/mol. The van der Waals surface area contributed by atoms with Crippen molar-refractivity contribution in [1.82, 2.24) is 4.98 Å². The number of hydrogen-bond acceptors (Lipinski definition) is 2. The van der Waals surface area contributed by atoms with E-state index in [1.807, 2.05) is 6.07 Å². The van der Waals surface area contributed by atoms with Gasteiger partial charge in [0, 0.05) is 17.3 Å². The van der Waals surface area contributed by atoms with Gasteiger partial charge in [0.25, 0.3) is 0 Å². The van der Waals surface area contributed by atoms with Gasteiger partial charge in [-0.15, -0.1) is 0 Å². The molecule has 76 valence electrons. The fourth-order valence-corrected chi connectivity index (χ4v) is 1.12. The van der Waals surface area contributed by atoms with Crippen LogP contribution in [0.3, 0.4) is 0 Å². The molecule has 0 atom stereocenters. The summed E-state index contributed by atoms with van der Waals surface area (Å²) >= 11 is 0. The van der Waals surface area contributed by atoms with Crippen molar-refractivity contribution < 1.29 is 4.79 Å². The molecule has 1 rings (SSSR count). The average Bonchev–Trinajstić information content (AvgIpc) is 2.18. The maximum atomic E-state index is 10.8. The van der Waals surface area contributed by atoms with Crippen LogP contribution in [0.5, 0.6) is 0 Å². The van der Waals surface area contributed by atoms with Crippen LogP contribution in [0.25, 0.3) is 0 Å². The van der Waals surface area contributed by atoms with Crippen LogP contribution in [0.15, 0.2) is 18.3 Å². The lowest BCUT2D eigenvalue weighted by molar-refractivity contribution is 0.1000. The highest BCUT2D eigenvalue weighted by Crippen LogP contribution is 2.24. The van der Waals surface area contributed by atoms with E-state index in [0.717, 1.165) is 12.1 Å². The molecule has 14 heavy (non-hydrogen) atoms. The van der Waals surface area contributed by atoms with E-state index < -0.39 is 5.91 Å². The van der Waals surface area contributed by atoms with Crippen LogP contribution in [-0.2, 0) is 5.41 Å². The molecule has 0 aliphatic carbocycles. The lowest BCUT2D eigenvalue weighted by atomic mass is 9.86. The van der Waals surface area contributed by atoms with Crippen molar-refractivity contribution in [2.24, 2.45) is 5.73 Å². The Bertz CT molecular complexity index is 328. The topological polar surface area (TPSA) is 56.0 Å². The molecule has 1 aromatic rings. The molecule has 0 saturated carbocycles. The van der Waals surface area contributed by atoms with Crippen molar-refractivity contribution in [2.75, 3.05) is 0 Å². The number of nitrogens with two attached hydrogens (primary N) is 1. The van der Waals surface area contributed by atoms with Gasteiger partial charge in [0.05, 0.1) is 5.56 Å². The Kier molecular flexibility index (Phi) is 2.89. The van der Waals surface area contributed by atoms with Crippen LogP contribution in [0.2, 0.25) is 0 Å². The largest absolute Gasteiger partial charge is 0.366 e. The standard InChI is InChI=1S/C11H16N2O/c1-4-11(2,3)9-6-5-8(7-13-9)10(12)14/h5-7H,4H2,1-3H3,(H2,12,14). The van der Waals surface area contributed by atoms with E-state index in [9.17, 15) is 4.79 Å². The summed E-state index contributed by atoms with van der Waals surface area (Å²) in [5, 5.41) is 0.